The van der Waals surface area contributed by atoms with Crippen LogP contribution in [-0.4, -0.2) is 35.2 Å². The minimum atomic E-state index is -0.389. The van der Waals surface area contributed by atoms with Crippen molar-refractivity contribution >= 4 is 0 Å². The molecule has 0 radical (unpaired) electrons. The predicted molar refractivity (Wildman–Crippen MR) is 55.7 cm³/mol. The van der Waals surface area contributed by atoms with Crippen LogP contribution in [0.25, 0.3) is 0 Å². The highest BCUT2D eigenvalue weighted by atomic mass is 16.3. The monoisotopic (exact) mass is 185 g/mol. The van der Waals surface area contributed by atoms with Crippen LogP contribution in [-0.2, 0) is 0 Å². The lowest BCUT2D eigenvalue weighted by Gasteiger charge is -2.41. The van der Waals surface area contributed by atoms with Crippen molar-refractivity contribution in [2.45, 2.75) is 51.7 Å². The van der Waals surface area contributed by atoms with E-state index in [1.165, 1.54) is 0 Å². The van der Waals surface area contributed by atoms with Gasteiger partial charge in [0, 0.05) is 12.6 Å². The van der Waals surface area contributed by atoms with Crippen molar-refractivity contribution in [1.82, 2.24) is 4.90 Å². The highest BCUT2D eigenvalue weighted by Crippen LogP contribution is 2.31. The normalized spacial score (nSPS) is 36.9. The number of rotatable bonds is 2. The van der Waals surface area contributed by atoms with E-state index in [0.717, 1.165) is 25.8 Å². The summed E-state index contributed by atoms with van der Waals surface area (Å²) in [6, 6.07) is 0.525. The van der Waals surface area contributed by atoms with Crippen molar-refractivity contribution in [3.8, 4) is 0 Å². The largest absolute Gasteiger partial charge is 0.390 e. The second-order valence-electron chi connectivity index (χ2n) is 5.11. The van der Waals surface area contributed by atoms with Crippen molar-refractivity contribution in [1.29, 1.82) is 0 Å². The summed E-state index contributed by atoms with van der Waals surface area (Å²) >= 11 is 0. The Bertz CT molecular complexity index is 169. The number of hydrogen-bond acceptors (Lipinski definition) is 2. The summed E-state index contributed by atoms with van der Waals surface area (Å²) in [5.74, 6) is 0.598. The van der Waals surface area contributed by atoms with Crippen LogP contribution in [0.1, 0.15) is 40.0 Å². The highest BCUT2D eigenvalue weighted by molar-refractivity contribution is 4.89. The molecule has 0 spiro atoms. The molecule has 1 fully saturated rings. The molecule has 0 amide bonds. The van der Waals surface area contributed by atoms with Crippen LogP contribution in [0.2, 0.25) is 0 Å². The topological polar surface area (TPSA) is 23.5 Å². The summed E-state index contributed by atoms with van der Waals surface area (Å²) in [5, 5.41) is 10.3. The van der Waals surface area contributed by atoms with Crippen molar-refractivity contribution in [2.24, 2.45) is 5.92 Å². The van der Waals surface area contributed by atoms with Crippen LogP contribution in [0.3, 0.4) is 0 Å². The van der Waals surface area contributed by atoms with E-state index in [1.54, 1.807) is 0 Å². The van der Waals surface area contributed by atoms with Gasteiger partial charge in [0.1, 0.15) is 0 Å². The SMILES string of the molecule is CC(C)CC1(O)CCN(C)C(C)C1. The van der Waals surface area contributed by atoms with E-state index in [1.807, 2.05) is 0 Å². The molecule has 1 saturated heterocycles. The van der Waals surface area contributed by atoms with Gasteiger partial charge in [0.15, 0.2) is 0 Å². The average molecular weight is 185 g/mol. The fraction of sp³-hybridized carbons (Fsp3) is 1.00. The second kappa shape index (κ2) is 3.97. The molecule has 1 heterocycles. The van der Waals surface area contributed by atoms with Crippen LogP contribution < -0.4 is 0 Å². The second-order valence-corrected chi connectivity index (χ2v) is 5.11. The van der Waals surface area contributed by atoms with Crippen molar-refractivity contribution in [2.75, 3.05) is 13.6 Å². The molecule has 0 saturated carbocycles. The first-order valence-electron chi connectivity index (χ1n) is 5.35. The van der Waals surface area contributed by atoms with Gasteiger partial charge in [-0.1, -0.05) is 13.8 Å². The molecule has 2 atom stereocenters. The molecule has 2 heteroatoms. The molecular weight excluding hydrogens is 162 g/mol. The highest BCUT2D eigenvalue weighted by Gasteiger charge is 2.35. The molecule has 1 N–H and O–H groups in total. The van der Waals surface area contributed by atoms with Crippen LogP contribution in [0.5, 0.6) is 0 Å². The average Bonchev–Trinajstić information content (AvgIpc) is 1.96. The molecule has 1 aliphatic rings. The third-order valence-electron chi connectivity index (χ3n) is 3.15. The lowest BCUT2D eigenvalue weighted by atomic mass is 9.81. The Labute approximate surface area is 81.9 Å². The molecule has 13 heavy (non-hydrogen) atoms. The molecule has 2 nitrogen and oxygen atoms in total. The number of hydrogen-bond donors (Lipinski definition) is 1. The zero-order valence-electron chi connectivity index (χ0n) is 9.38. The van der Waals surface area contributed by atoms with Crippen LogP contribution in [0, 0.1) is 5.92 Å². The molecule has 2 unspecified atom stereocenters. The van der Waals surface area contributed by atoms with E-state index in [2.05, 4.69) is 32.7 Å². The smallest absolute Gasteiger partial charge is 0.0677 e. The van der Waals surface area contributed by atoms with Gasteiger partial charge < -0.3 is 10.0 Å². The maximum Gasteiger partial charge on any atom is 0.0677 e. The number of piperidine rings is 1. The third-order valence-corrected chi connectivity index (χ3v) is 3.15. The maximum absolute atomic E-state index is 10.3. The summed E-state index contributed by atoms with van der Waals surface area (Å²) in [4.78, 5) is 2.33. The Hall–Kier alpha value is -0.0800. The van der Waals surface area contributed by atoms with Gasteiger partial charge in [-0.3, -0.25) is 0 Å². The molecule has 0 aromatic rings. The van der Waals surface area contributed by atoms with Gasteiger partial charge in [0.25, 0.3) is 0 Å². The molecule has 0 aromatic carbocycles. The summed E-state index contributed by atoms with van der Waals surface area (Å²) < 4.78 is 0. The Morgan fingerprint density at radius 1 is 1.54 bits per heavy atom. The van der Waals surface area contributed by atoms with Gasteiger partial charge in [0.2, 0.25) is 0 Å². The van der Waals surface area contributed by atoms with Gasteiger partial charge in [-0.05, 0) is 39.2 Å². The van der Waals surface area contributed by atoms with Gasteiger partial charge in [-0.15, -0.1) is 0 Å². The summed E-state index contributed by atoms with van der Waals surface area (Å²) in [7, 11) is 2.14. The minimum absolute atomic E-state index is 0.389. The van der Waals surface area contributed by atoms with E-state index in [9.17, 15) is 5.11 Å². The lowest BCUT2D eigenvalue weighted by molar-refractivity contribution is -0.0496. The molecule has 1 rings (SSSR count). The van der Waals surface area contributed by atoms with Crippen LogP contribution >= 0.6 is 0 Å². The number of aliphatic hydroxyl groups is 1. The zero-order chi connectivity index (χ0) is 10.1. The Morgan fingerprint density at radius 3 is 2.62 bits per heavy atom. The maximum atomic E-state index is 10.3. The van der Waals surface area contributed by atoms with E-state index in [4.69, 9.17) is 0 Å². The minimum Gasteiger partial charge on any atom is -0.390 e. The Kier molecular flexibility index (Phi) is 3.36. The standard InChI is InChI=1S/C11H23NO/c1-9(2)7-11(13)5-6-12(4)10(3)8-11/h9-10,13H,5-8H2,1-4H3. The van der Waals surface area contributed by atoms with Crippen molar-refractivity contribution in [3.05, 3.63) is 0 Å². The van der Waals surface area contributed by atoms with Gasteiger partial charge >= 0.3 is 0 Å². The molecule has 78 valence electrons. The first kappa shape index (κ1) is 11.0. The Morgan fingerprint density at radius 2 is 2.15 bits per heavy atom. The van der Waals surface area contributed by atoms with Crippen molar-refractivity contribution in [3.63, 3.8) is 0 Å². The fourth-order valence-electron chi connectivity index (χ4n) is 2.36. The van der Waals surface area contributed by atoms with E-state index >= 15 is 0 Å². The van der Waals surface area contributed by atoms with E-state index in [0.29, 0.717) is 12.0 Å². The number of nitrogens with zero attached hydrogens (tertiary/aromatic N) is 1. The summed E-state index contributed by atoms with van der Waals surface area (Å²) in [6.07, 6.45) is 2.82. The molecule has 0 aliphatic carbocycles. The summed E-state index contributed by atoms with van der Waals surface area (Å²) in [5.41, 5.74) is -0.389. The van der Waals surface area contributed by atoms with Gasteiger partial charge in [0.05, 0.1) is 5.60 Å². The first-order valence-corrected chi connectivity index (χ1v) is 5.35. The molecule has 0 bridgehead atoms. The third kappa shape index (κ3) is 2.96. The van der Waals surface area contributed by atoms with Gasteiger partial charge in [-0.25, -0.2) is 0 Å². The molecule has 0 aromatic heterocycles. The Balaban J connectivity index is 2.51. The first-order chi connectivity index (χ1) is 5.93. The lowest BCUT2D eigenvalue weighted by Crippen LogP contribution is -2.48. The molecular formula is C11H23NO. The van der Waals surface area contributed by atoms with E-state index in [-0.39, 0.29) is 5.60 Å². The fourth-order valence-corrected chi connectivity index (χ4v) is 2.36. The van der Waals surface area contributed by atoms with E-state index < -0.39 is 0 Å². The zero-order valence-corrected chi connectivity index (χ0v) is 9.38. The molecule has 1 aliphatic heterocycles. The quantitative estimate of drug-likeness (QED) is 0.710. The summed E-state index contributed by atoms with van der Waals surface area (Å²) in [6.45, 7) is 7.59. The van der Waals surface area contributed by atoms with Crippen LogP contribution in [0.15, 0.2) is 0 Å². The van der Waals surface area contributed by atoms with Crippen molar-refractivity contribution < 1.29 is 5.11 Å². The van der Waals surface area contributed by atoms with Gasteiger partial charge in [-0.2, -0.15) is 0 Å². The number of likely N-dealkylation sites (tertiary alicyclic amines) is 1. The van der Waals surface area contributed by atoms with Crippen LogP contribution in [0.4, 0.5) is 0 Å². The predicted octanol–water partition coefficient (Wildman–Crippen LogP) is 1.88.